The Labute approximate surface area is 166 Å². The monoisotopic (exact) mass is 405 g/mol. The van der Waals surface area contributed by atoms with Gasteiger partial charge in [0.25, 0.3) is 0 Å². The maximum absolute atomic E-state index is 12.1. The van der Waals surface area contributed by atoms with Gasteiger partial charge in [0.2, 0.25) is 5.91 Å². The normalized spacial score (nSPS) is 11.1. The van der Waals surface area contributed by atoms with E-state index in [-0.39, 0.29) is 5.91 Å². The molecule has 0 atom stereocenters. The summed E-state index contributed by atoms with van der Waals surface area (Å²) >= 11 is 18.0. The fourth-order valence-electron chi connectivity index (χ4n) is 2.34. The second kappa shape index (κ2) is 8.00. The first-order valence-electron chi connectivity index (χ1n) is 7.73. The van der Waals surface area contributed by atoms with Crippen LogP contribution in [-0.2, 0) is 4.79 Å². The van der Waals surface area contributed by atoms with E-state index in [4.69, 9.17) is 39.2 Å². The third-order valence-electron chi connectivity index (χ3n) is 3.68. The molecule has 1 amide bonds. The van der Waals surface area contributed by atoms with Gasteiger partial charge in [-0.3, -0.25) is 4.79 Å². The Morgan fingerprint density at radius 3 is 2.50 bits per heavy atom. The van der Waals surface area contributed by atoms with Gasteiger partial charge < -0.3 is 9.73 Å². The van der Waals surface area contributed by atoms with E-state index in [0.717, 1.165) is 11.1 Å². The van der Waals surface area contributed by atoms with Gasteiger partial charge in [0.15, 0.2) is 0 Å². The Morgan fingerprint density at radius 1 is 1.00 bits per heavy atom. The maximum atomic E-state index is 12.1. The van der Waals surface area contributed by atoms with Gasteiger partial charge in [-0.2, -0.15) is 0 Å². The summed E-state index contributed by atoms with van der Waals surface area (Å²) < 4.78 is 5.72. The maximum Gasteiger partial charge on any atom is 0.248 e. The average Bonchev–Trinajstić information content (AvgIpc) is 3.05. The summed E-state index contributed by atoms with van der Waals surface area (Å²) in [5.41, 5.74) is 2.32. The molecule has 132 valence electrons. The number of nitrogens with one attached hydrogen (secondary N) is 1. The molecule has 1 N–H and O–H groups in total. The molecule has 3 rings (SSSR count). The summed E-state index contributed by atoms with van der Waals surface area (Å²) in [6, 6.07) is 14.0. The minimum absolute atomic E-state index is 0.280. The zero-order valence-electron chi connectivity index (χ0n) is 13.7. The molecular formula is C20H14Cl3NO2. The molecule has 0 saturated heterocycles. The summed E-state index contributed by atoms with van der Waals surface area (Å²) in [5.74, 6) is 0.847. The number of halogens is 3. The number of carbonyl (C=O) groups is 1. The highest BCUT2D eigenvalue weighted by Gasteiger charge is 2.09. The van der Waals surface area contributed by atoms with Crippen LogP contribution >= 0.6 is 34.8 Å². The van der Waals surface area contributed by atoms with Crippen LogP contribution in [0.4, 0.5) is 5.69 Å². The van der Waals surface area contributed by atoms with E-state index in [1.54, 1.807) is 48.5 Å². The third-order valence-corrected chi connectivity index (χ3v) is 4.46. The molecule has 1 aromatic heterocycles. The summed E-state index contributed by atoms with van der Waals surface area (Å²) in [4.78, 5) is 12.1. The van der Waals surface area contributed by atoms with Gasteiger partial charge in [-0.1, -0.05) is 40.9 Å². The number of hydrogen-bond donors (Lipinski definition) is 1. The van der Waals surface area contributed by atoms with Gasteiger partial charge in [-0.25, -0.2) is 0 Å². The molecule has 3 aromatic rings. The van der Waals surface area contributed by atoms with Crippen LogP contribution in [0.2, 0.25) is 15.1 Å². The second-order valence-electron chi connectivity index (χ2n) is 5.61. The summed E-state index contributed by atoms with van der Waals surface area (Å²) in [7, 11) is 0. The summed E-state index contributed by atoms with van der Waals surface area (Å²) in [6.07, 6.45) is 2.98. The molecule has 0 unspecified atom stereocenters. The molecule has 0 bridgehead atoms. The van der Waals surface area contributed by atoms with Crippen molar-refractivity contribution < 1.29 is 9.21 Å². The van der Waals surface area contributed by atoms with Crippen LogP contribution in [0.25, 0.3) is 17.4 Å². The van der Waals surface area contributed by atoms with Crippen molar-refractivity contribution in [1.82, 2.24) is 0 Å². The van der Waals surface area contributed by atoms with E-state index in [1.165, 1.54) is 6.08 Å². The Balaban J connectivity index is 1.72. The molecule has 2 aromatic carbocycles. The molecule has 0 fully saturated rings. The Kier molecular flexibility index (Phi) is 5.72. The average molecular weight is 407 g/mol. The zero-order valence-corrected chi connectivity index (χ0v) is 16.0. The van der Waals surface area contributed by atoms with Gasteiger partial charge in [0, 0.05) is 27.4 Å². The van der Waals surface area contributed by atoms with E-state index in [2.05, 4.69) is 5.32 Å². The number of benzene rings is 2. The zero-order chi connectivity index (χ0) is 18.7. The molecular weight excluding hydrogens is 393 g/mol. The third kappa shape index (κ3) is 4.50. The first-order valence-corrected chi connectivity index (χ1v) is 8.86. The standard InChI is InChI=1S/C20H14Cl3NO2/c1-12-2-3-14(22)11-18(12)24-20(25)9-6-15-5-8-19(26-15)16-7-4-13(21)10-17(16)23/h2-11H,1H3,(H,24,25)/b9-6+. The van der Waals surface area contributed by atoms with E-state index in [9.17, 15) is 4.79 Å². The Hall–Kier alpha value is -2.20. The number of hydrogen-bond acceptors (Lipinski definition) is 2. The molecule has 0 saturated carbocycles. The molecule has 6 heteroatoms. The lowest BCUT2D eigenvalue weighted by atomic mass is 10.2. The van der Waals surface area contributed by atoms with Crippen molar-refractivity contribution >= 4 is 52.5 Å². The molecule has 1 heterocycles. The van der Waals surface area contributed by atoms with Crippen LogP contribution in [0.5, 0.6) is 0 Å². The van der Waals surface area contributed by atoms with Gasteiger partial charge in [0.1, 0.15) is 11.5 Å². The van der Waals surface area contributed by atoms with Gasteiger partial charge in [-0.05, 0) is 61.0 Å². The highest BCUT2D eigenvalue weighted by atomic mass is 35.5. The van der Waals surface area contributed by atoms with Crippen LogP contribution in [-0.4, -0.2) is 5.91 Å². The fourth-order valence-corrected chi connectivity index (χ4v) is 3.01. The molecule has 0 aliphatic carbocycles. The molecule has 0 aliphatic rings. The van der Waals surface area contributed by atoms with Crippen LogP contribution in [0.3, 0.4) is 0 Å². The topological polar surface area (TPSA) is 42.2 Å². The highest BCUT2D eigenvalue weighted by molar-refractivity contribution is 6.36. The van der Waals surface area contributed by atoms with Gasteiger partial charge in [-0.15, -0.1) is 0 Å². The van der Waals surface area contributed by atoms with Crippen molar-refractivity contribution in [3.8, 4) is 11.3 Å². The van der Waals surface area contributed by atoms with Crippen molar-refractivity contribution in [2.75, 3.05) is 5.32 Å². The second-order valence-corrected chi connectivity index (χ2v) is 6.89. The first kappa shape index (κ1) is 18.6. The minimum atomic E-state index is -0.280. The quantitative estimate of drug-likeness (QED) is 0.480. The van der Waals surface area contributed by atoms with Gasteiger partial charge in [0.05, 0.1) is 5.02 Å². The lowest BCUT2D eigenvalue weighted by molar-refractivity contribution is -0.111. The van der Waals surface area contributed by atoms with Gasteiger partial charge >= 0.3 is 0 Å². The first-order chi connectivity index (χ1) is 12.4. The van der Waals surface area contributed by atoms with Crippen molar-refractivity contribution in [3.05, 3.63) is 81.0 Å². The summed E-state index contributed by atoms with van der Waals surface area (Å²) in [5, 5.41) is 4.40. The van der Waals surface area contributed by atoms with Crippen molar-refractivity contribution in [1.29, 1.82) is 0 Å². The number of carbonyl (C=O) groups excluding carboxylic acids is 1. The number of anilines is 1. The lowest BCUT2D eigenvalue weighted by Gasteiger charge is -2.06. The smallest absolute Gasteiger partial charge is 0.248 e. The summed E-state index contributed by atoms with van der Waals surface area (Å²) in [6.45, 7) is 1.89. The van der Waals surface area contributed by atoms with Crippen molar-refractivity contribution in [2.45, 2.75) is 6.92 Å². The SMILES string of the molecule is Cc1ccc(Cl)cc1NC(=O)/C=C/c1ccc(-c2ccc(Cl)cc2Cl)o1. The predicted octanol–water partition coefficient (Wildman–Crippen LogP) is 6.87. The Bertz CT molecular complexity index is 992. The fraction of sp³-hybridized carbons (Fsp3) is 0.0500. The van der Waals surface area contributed by atoms with Crippen LogP contribution in [0.1, 0.15) is 11.3 Å². The van der Waals surface area contributed by atoms with Crippen LogP contribution < -0.4 is 5.32 Å². The number of amides is 1. The minimum Gasteiger partial charge on any atom is -0.457 e. The predicted molar refractivity (Wildman–Crippen MR) is 108 cm³/mol. The number of furan rings is 1. The highest BCUT2D eigenvalue weighted by Crippen LogP contribution is 2.31. The van der Waals surface area contributed by atoms with E-state index >= 15 is 0 Å². The van der Waals surface area contributed by atoms with Crippen LogP contribution in [0, 0.1) is 6.92 Å². The molecule has 0 spiro atoms. The van der Waals surface area contributed by atoms with E-state index in [1.807, 2.05) is 13.0 Å². The van der Waals surface area contributed by atoms with Crippen molar-refractivity contribution in [2.24, 2.45) is 0 Å². The van der Waals surface area contributed by atoms with Crippen molar-refractivity contribution in [3.63, 3.8) is 0 Å². The molecule has 3 nitrogen and oxygen atoms in total. The number of rotatable bonds is 4. The molecule has 0 aliphatic heterocycles. The van der Waals surface area contributed by atoms with E-state index in [0.29, 0.717) is 32.3 Å². The lowest BCUT2D eigenvalue weighted by Crippen LogP contribution is -2.08. The molecule has 26 heavy (non-hydrogen) atoms. The van der Waals surface area contributed by atoms with E-state index < -0.39 is 0 Å². The molecule has 0 radical (unpaired) electrons. The number of aryl methyl sites for hydroxylation is 1. The van der Waals surface area contributed by atoms with Crippen LogP contribution in [0.15, 0.2) is 59.0 Å². The largest absolute Gasteiger partial charge is 0.457 e. The Morgan fingerprint density at radius 2 is 1.73 bits per heavy atom.